The molecule has 0 radical (unpaired) electrons. The Bertz CT molecular complexity index is 1180. The number of piperidine rings is 1. The number of carbonyl (C=O) groups excluding carboxylic acids is 1. The Morgan fingerprint density at radius 1 is 1.14 bits per heavy atom. The second-order valence-corrected chi connectivity index (χ2v) is 8.61. The lowest BCUT2D eigenvalue weighted by atomic mass is 10.1. The number of hydrogen-bond acceptors (Lipinski definition) is 7. The number of benzene rings is 2. The highest BCUT2D eigenvalue weighted by Crippen LogP contribution is 2.38. The van der Waals surface area contributed by atoms with Crippen LogP contribution in [0, 0.1) is 10.1 Å². The van der Waals surface area contributed by atoms with Gasteiger partial charge in [0.1, 0.15) is 5.76 Å². The number of nitrogens with one attached hydrogen (secondary N) is 1. The van der Waals surface area contributed by atoms with Crippen molar-refractivity contribution >= 4 is 23.2 Å². The third-order valence-electron chi connectivity index (χ3n) is 5.92. The number of halogens is 1. The van der Waals surface area contributed by atoms with Crippen molar-refractivity contribution in [1.29, 1.82) is 0 Å². The van der Waals surface area contributed by atoms with Crippen LogP contribution in [-0.4, -0.2) is 42.5 Å². The minimum Gasteiger partial charge on any atom is -0.493 e. The van der Waals surface area contributed by atoms with Gasteiger partial charge in [-0.25, -0.2) is 0 Å². The zero-order valence-corrected chi connectivity index (χ0v) is 20.0. The maximum atomic E-state index is 13.0. The van der Waals surface area contributed by atoms with Crippen molar-refractivity contribution in [2.24, 2.45) is 0 Å². The predicted molar refractivity (Wildman–Crippen MR) is 130 cm³/mol. The van der Waals surface area contributed by atoms with Crippen LogP contribution in [0.3, 0.4) is 0 Å². The van der Waals surface area contributed by atoms with E-state index in [0.29, 0.717) is 12.1 Å². The highest BCUT2D eigenvalue weighted by Gasteiger charge is 2.25. The minimum atomic E-state index is -0.576. The van der Waals surface area contributed by atoms with Gasteiger partial charge in [0.15, 0.2) is 11.5 Å². The third-order valence-corrected chi connectivity index (χ3v) is 6.16. The van der Waals surface area contributed by atoms with Crippen LogP contribution in [0.4, 0.5) is 5.69 Å². The molecule has 3 aromatic rings. The Morgan fingerprint density at radius 2 is 1.91 bits per heavy atom. The molecular weight excluding hydrogens is 474 g/mol. The summed E-state index contributed by atoms with van der Waals surface area (Å²) in [6, 6.07) is 12.5. The molecule has 1 aromatic heterocycles. The van der Waals surface area contributed by atoms with E-state index >= 15 is 0 Å². The van der Waals surface area contributed by atoms with E-state index in [1.165, 1.54) is 37.8 Å². The molecule has 1 fully saturated rings. The average molecular weight is 500 g/mol. The van der Waals surface area contributed by atoms with Gasteiger partial charge in [0.25, 0.3) is 5.91 Å². The molecule has 1 atom stereocenters. The van der Waals surface area contributed by atoms with E-state index in [1.807, 2.05) is 12.1 Å². The minimum absolute atomic E-state index is 0.0118. The molecule has 0 aliphatic carbocycles. The molecule has 0 saturated carbocycles. The highest BCUT2D eigenvalue weighted by molar-refractivity contribution is 6.30. The Labute approximate surface area is 207 Å². The monoisotopic (exact) mass is 499 g/mol. The van der Waals surface area contributed by atoms with E-state index < -0.39 is 4.92 Å². The fourth-order valence-corrected chi connectivity index (χ4v) is 4.31. The molecule has 1 N–H and O–H groups in total. The van der Waals surface area contributed by atoms with Gasteiger partial charge in [-0.3, -0.25) is 19.8 Å². The molecule has 1 amide bonds. The fourth-order valence-electron chi connectivity index (χ4n) is 4.14. The highest BCUT2D eigenvalue weighted by atomic mass is 35.5. The van der Waals surface area contributed by atoms with Gasteiger partial charge < -0.3 is 19.2 Å². The first-order chi connectivity index (χ1) is 17.0. The quantitative estimate of drug-likeness (QED) is 0.301. The summed E-state index contributed by atoms with van der Waals surface area (Å²) in [5, 5.41) is 14.6. The summed E-state index contributed by atoms with van der Waals surface area (Å²) in [5.74, 6) is 1.05. The summed E-state index contributed by atoms with van der Waals surface area (Å²) >= 11 is 5.87. The first kappa shape index (κ1) is 24.6. The predicted octanol–water partition coefficient (Wildman–Crippen LogP) is 5.60. The number of likely N-dealkylation sites (tertiary alicyclic amines) is 1. The maximum absolute atomic E-state index is 13.0. The molecule has 1 saturated heterocycles. The molecule has 2 heterocycles. The van der Waals surface area contributed by atoms with Crippen molar-refractivity contribution in [3.63, 3.8) is 0 Å². The normalized spacial score (nSPS) is 14.8. The second-order valence-electron chi connectivity index (χ2n) is 8.17. The number of amides is 1. The molecule has 0 spiro atoms. The molecule has 0 bridgehead atoms. The summed E-state index contributed by atoms with van der Waals surface area (Å²) in [5.41, 5.74) is 0.0969. The third kappa shape index (κ3) is 5.93. The van der Waals surface area contributed by atoms with E-state index in [-0.39, 0.29) is 39.9 Å². The molecule has 35 heavy (non-hydrogen) atoms. The van der Waals surface area contributed by atoms with Crippen LogP contribution in [0.25, 0.3) is 0 Å². The van der Waals surface area contributed by atoms with Gasteiger partial charge in [0.2, 0.25) is 5.75 Å². The Kier molecular flexibility index (Phi) is 7.89. The van der Waals surface area contributed by atoms with Crippen molar-refractivity contribution in [3.8, 4) is 17.2 Å². The molecule has 1 aliphatic rings. The van der Waals surface area contributed by atoms with Gasteiger partial charge in [-0.1, -0.05) is 18.0 Å². The van der Waals surface area contributed by atoms with E-state index in [1.54, 1.807) is 18.4 Å². The number of methoxy groups -OCH3 is 1. The van der Waals surface area contributed by atoms with Gasteiger partial charge in [0.05, 0.1) is 24.3 Å². The molecular formula is C25H26ClN3O6. The molecule has 2 aromatic carbocycles. The van der Waals surface area contributed by atoms with Crippen molar-refractivity contribution in [2.45, 2.75) is 25.3 Å². The standard InChI is InChI=1S/C25H26ClN3O6/c1-33-24-14-17(7-9-23(24)35-22-10-8-18(26)15-19(22)29(31)32)25(30)27-16-20(21-6-5-13-34-21)28-11-3-2-4-12-28/h5-10,13-15,20H,2-4,11-12,16H2,1H3,(H,27,30)/t20-/m1/s1. The van der Waals surface area contributed by atoms with Gasteiger partial charge in [-0.05, 0) is 68.4 Å². The van der Waals surface area contributed by atoms with Crippen LogP contribution < -0.4 is 14.8 Å². The number of rotatable bonds is 9. The van der Waals surface area contributed by atoms with Crippen molar-refractivity contribution in [3.05, 3.63) is 81.3 Å². The Hall–Kier alpha value is -3.56. The summed E-state index contributed by atoms with van der Waals surface area (Å²) in [6.07, 6.45) is 5.09. The topological polar surface area (TPSA) is 107 Å². The van der Waals surface area contributed by atoms with Crippen molar-refractivity contribution in [1.82, 2.24) is 10.2 Å². The number of nitrogens with zero attached hydrogens (tertiary/aromatic N) is 2. The zero-order valence-electron chi connectivity index (χ0n) is 19.2. The SMILES string of the molecule is COc1cc(C(=O)NC[C@H](c2ccco2)N2CCCCC2)ccc1Oc1ccc(Cl)cc1[N+](=O)[O-]. The fraction of sp³-hybridized carbons (Fsp3) is 0.320. The number of furan rings is 1. The molecule has 9 nitrogen and oxygen atoms in total. The lowest BCUT2D eigenvalue weighted by Crippen LogP contribution is -2.40. The van der Waals surface area contributed by atoms with E-state index in [2.05, 4.69) is 10.2 Å². The van der Waals surface area contributed by atoms with E-state index in [0.717, 1.165) is 31.7 Å². The van der Waals surface area contributed by atoms with Crippen LogP contribution in [0.5, 0.6) is 17.2 Å². The van der Waals surface area contributed by atoms with Crippen LogP contribution in [0.1, 0.15) is 41.4 Å². The van der Waals surface area contributed by atoms with Gasteiger partial charge in [-0.2, -0.15) is 0 Å². The number of nitro groups is 1. The number of nitro benzene ring substituents is 1. The van der Waals surface area contributed by atoms with Crippen LogP contribution in [0.15, 0.2) is 59.2 Å². The first-order valence-corrected chi connectivity index (χ1v) is 11.7. The summed E-state index contributed by atoms with van der Waals surface area (Å²) in [7, 11) is 1.43. The molecule has 184 valence electrons. The van der Waals surface area contributed by atoms with E-state index in [9.17, 15) is 14.9 Å². The molecule has 0 unspecified atom stereocenters. The summed E-state index contributed by atoms with van der Waals surface area (Å²) in [4.78, 5) is 26.1. The Morgan fingerprint density at radius 3 is 2.60 bits per heavy atom. The molecule has 4 rings (SSSR count). The molecule has 10 heteroatoms. The van der Waals surface area contributed by atoms with Crippen molar-refractivity contribution < 1.29 is 23.6 Å². The molecule has 1 aliphatic heterocycles. The summed E-state index contributed by atoms with van der Waals surface area (Å²) < 4.78 is 16.8. The van der Waals surface area contributed by atoms with E-state index in [4.69, 9.17) is 25.5 Å². The van der Waals surface area contributed by atoms with Crippen LogP contribution in [-0.2, 0) is 0 Å². The number of carbonyl (C=O) groups is 1. The lowest BCUT2D eigenvalue weighted by molar-refractivity contribution is -0.385. The van der Waals surface area contributed by atoms with Gasteiger partial charge >= 0.3 is 5.69 Å². The first-order valence-electron chi connectivity index (χ1n) is 11.3. The van der Waals surface area contributed by atoms with Gasteiger partial charge in [0, 0.05) is 23.2 Å². The smallest absolute Gasteiger partial charge is 0.313 e. The number of hydrogen-bond donors (Lipinski definition) is 1. The van der Waals surface area contributed by atoms with Crippen molar-refractivity contribution in [2.75, 3.05) is 26.7 Å². The van der Waals surface area contributed by atoms with Crippen LogP contribution >= 0.6 is 11.6 Å². The summed E-state index contributed by atoms with van der Waals surface area (Å²) in [6.45, 7) is 2.31. The lowest BCUT2D eigenvalue weighted by Gasteiger charge is -2.33. The number of ether oxygens (including phenoxy) is 2. The second kappa shape index (κ2) is 11.2. The maximum Gasteiger partial charge on any atom is 0.313 e. The van der Waals surface area contributed by atoms with Crippen LogP contribution in [0.2, 0.25) is 5.02 Å². The average Bonchev–Trinajstić information content (AvgIpc) is 3.40. The zero-order chi connectivity index (χ0) is 24.8. The van der Waals surface area contributed by atoms with Gasteiger partial charge in [-0.15, -0.1) is 0 Å². The largest absolute Gasteiger partial charge is 0.493 e. The Balaban J connectivity index is 1.48.